The number of aliphatic hydroxyl groups excluding tert-OH is 1. The summed E-state index contributed by atoms with van der Waals surface area (Å²) in [5, 5.41) is 20.5. The lowest BCUT2D eigenvalue weighted by molar-refractivity contribution is 0.0210. The number of hydrogen-bond acceptors (Lipinski definition) is 6. The van der Waals surface area contributed by atoms with Crippen molar-refractivity contribution >= 4 is 28.2 Å². The van der Waals surface area contributed by atoms with Gasteiger partial charge in [-0.2, -0.15) is 5.10 Å². The lowest BCUT2D eigenvalue weighted by Crippen LogP contribution is -2.48. The van der Waals surface area contributed by atoms with Crippen molar-refractivity contribution in [2.45, 2.75) is 19.8 Å². The number of piperazine rings is 1. The fourth-order valence-electron chi connectivity index (χ4n) is 4.40. The first-order valence-electron chi connectivity index (χ1n) is 10.5. The topological polar surface area (TPSA) is 87.7 Å². The summed E-state index contributed by atoms with van der Waals surface area (Å²) in [5.41, 5.74) is 3.64. The molecule has 1 aromatic heterocycles. The number of amides is 1. The maximum atomic E-state index is 14.3. The monoisotopic (exact) mass is 424 g/mol. The molecule has 3 heterocycles. The Morgan fingerprint density at radius 1 is 1.19 bits per heavy atom. The quantitative estimate of drug-likeness (QED) is 0.595. The largest absolute Gasteiger partial charge is 0.369 e. The van der Waals surface area contributed by atoms with Crippen LogP contribution in [0.25, 0.3) is 10.9 Å². The van der Waals surface area contributed by atoms with Crippen LogP contribution in [0.3, 0.4) is 0 Å². The number of carbonyl (C=O) groups is 1. The van der Waals surface area contributed by atoms with Crippen molar-refractivity contribution in [3.05, 3.63) is 53.5 Å². The number of nitrogens with one attached hydrogen (secondary N) is 2. The molecule has 1 saturated heterocycles. The number of H-pyrrole nitrogens is 1. The van der Waals surface area contributed by atoms with E-state index in [4.69, 9.17) is 0 Å². The molecular formula is C22H25FN6O2. The van der Waals surface area contributed by atoms with E-state index in [0.717, 1.165) is 49.4 Å². The van der Waals surface area contributed by atoms with Gasteiger partial charge in [0.05, 0.1) is 17.4 Å². The summed E-state index contributed by atoms with van der Waals surface area (Å²) in [5.74, 6) is -0.446. The molecule has 1 atom stereocenters. The van der Waals surface area contributed by atoms with Crippen molar-refractivity contribution in [2.24, 2.45) is 0 Å². The minimum Gasteiger partial charge on any atom is -0.369 e. The SMILES string of the molecule is CCN1C(=O)c2ccc(CN3CCN(c4cc(F)c5[nH]ncc5c4)CC3)cc2NC1O. The number of hydrogen-bond donors (Lipinski definition) is 3. The van der Waals surface area contributed by atoms with Gasteiger partial charge in [0.2, 0.25) is 6.35 Å². The van der Waals surface area contributed by atoms with Crippen LogP contribution in [0.2, 0.25) is 0 Å². The maximum Gasteiger partial charge on any atom is 0.259 e. The summed E-state index contributed by atoms with van der Waals surface area (Å²) >= 11 is 0. The number of rotatable bonds is 4. The van der Waals surface area contributed by atoms with Gasteiger partial charge in [0, 0.05) is 50.3 Å². The Hall–Kier alpha value is -3.17. The molecule has 1 unspecified atom stereocenters. The molecule has 0 radical (unpaired) electrons. The van der Waals surface area contributed by atoms with Gasteiger partial charge >= 0.3 is 0 Å². The fourth-order valence-corrected chi connectivity index (χ4v) is 4.40. The number of aromatic nitrogens is 2. The van der Waals surface area contributed by atoms with Crippen molar-refractivity contribution in [1.29, 1.82) is 0 Å². The van der Waals surface area contributed by atoms with E-state index in [-0.39, 0.29) is 11.7 Å². The number of anilines is 2. The summed E-state index contributed by atoms with van der Waals surface area (Å²) in [6, 6.07) is 9.27. The number of benzene rings is 2. The minimum atomic E-state index is -1.00. The Morgan fingerprint density at radius 3 is 2.77 bits per heavy atom. The van der Waals surface area contributed by atoms with Gasteiger partial charge in [-0.3, -0.25) is 19.7 Å². The Bertz CT molecular complexity index is 1120. The van der Waals surface area contributed by atoms with Crippen LogP contribution in [0, 0.1) is 5.82 Å². The van der Waals surface area contributed by atoms with E-state index >= 15 is 0 Å². The molecule has 1 fully saturated rings. The first kappa shape index (κ1) is 19.8. The van der Waals surface area contributed by atoms with Crippen molar-refractivity contribution in [3.63, 3.8) is 0 Å². The normalized spacial score (nSPS) is 19.6. The molecule has 0 spiro atoms. The van der Waals surface area contributed by atoms with Gasteiger partial charge in [-0.05, 0) is 36.8 Å². The number of aliphatic hydroxyl groups is 1. The molecule has 0 saturated carbocycles. The second kappa shape index (κ2) is 7.82. The Morgan fingerprint density at radius 2 is 2.00 bits per heavy atom. The van der Waals surface area contributed by atoms with Crippen molar-refractivity contribution in [3.8, 4) is 0 Å². The number of aromatic amines is 1. The predicted molar refractivity (Wildman–Crippen MR) is 116 cm³/mol. The van der Waals surface area contributed by atoms with Crippen molar-refractivity contribution < 1.29 is 14.3 Å². The predicted octanol–water partition coefficient (Wildman–Crippen LogP) is 2.19. The molecule has 0 bridgehead atoms. The van der Waals surface area contributed by atoms with Crippen LogP contribution in [-0.2, 0) is 6.54 Å². The van der Waals surface area contributed by atoms with E-state index in [1.807, 2.05) is 31.2 Å². The maximum absolute atomic E-state index is 14.3. The van der Waals surface area contributed by atoms with Gasteiger partial charge in [-0.25, -0.2) is 4.39 Å². The number of fused-ring (bicyclic) bond motifs is 2. The lowest BCUT2D eigenvalue weighted by Gasteiger charge is -2.36. The molecule has 9 heteroatoms. The van der Waals surface area contributed by atoms with Crippen LogP contribution < -0.4 is 10.2 Å². The third-order valence-corrected chi connectivity index (χ3v) is 6.12. The smallest absolute Gasteiger partial charge is 0.259 e. The molecule has 5 rings (SSSR count). The molecule has 31 heavy (non-hydrogen) atoms. The van der Waals surface area contributed by atoms with Crippen LogP contribution in [0.15, 0.2) is 36.5 Å². The van der Waals surface area contributed by atoms with Crippen molar-refractivity contribution in [1.82, 2.24) is 20.0 Å². The summed E-state index contributed by atoms with van der Waals surface area (Å²) in [6.07, 6.45) is 0.640. The second-order valence-electron chi connectivity index (χ2n) is 8.01. The van der Waals surface area contributed by atoms with E-state index in [1.165, 1.54) is 4.90 Å². The Labute approximate surface area is 179 Å². The van der Waals surface area contributed by atoms with Gasteiger partial charge < -0.3 is 15.3 Å². The van der Waals surface area contributed by atoms with Gasteiger partial charge in [0.15, 0.2) is 5.82 Å². The standard InChI is InChI=1S/C22H25FN6O2/c1-2-29-21(30)17-4-3-14(9-19(17)25-22(29)31)13-27-5-7-28(8-6-27)16-10-15-12-24-26-20(15)18(23)11-16/h3-4,9-12,22,25,31H,2,5-8,13H2,1H3,(H,24,26). The number of nitrogens with zero attached hydrogens (tertiary/aromatic N) is 4. The molecular weight excluding hydrogens is 399 g/mol. The van der Waals surface area contributed by atoms with Crippen LogP contribution in [0.1, 0.15) is 22.8 Å². The third kappa shape index (κ3) is 3.60. The number of halogens is 1. The highest BCUT2D eigenvalue weighted by Crippen LogP contribution is 2.28. The number of carbonyl (C=O) groups excluding carboxylic acids is 1. The van der Waals surface area contributed by atoms with E-state index in [9.17, 15) is 14.3 Å². The first-order valence-corrected chi connectivity index (χ1v) is 10.5. The average molecular weight is 424 g/mol. The van der Waals surface area contributed by atoms with E-state index in [2.05, 4.69) is 25.3 Å². The van der Waals surface area contributed by atoms with Gasteiger partial charge in [0.1, 0.15) is 5.52 Å². The minimum absolute atomic E-state index is 0.161. The molecule has 1 amide bonds. The second-order valence-corrected chi connectivity index (χ2v) is 8.01. The van der Waals surface area contributed by atoms with Crippen molar-refractivity contribution in [2.75, 3.05) is 42.9 Å². The van der Waals surface area contributed by atoms with Gasteiger partial charge in [-0.1, -0.05) is 6.07 Å². The average Bonchev–Trinajstić information content (AvgIpc) is 3.24. The highest BCUT2D eigenvalue weighted by molar-refractivity contribution is 6.01. The molecule has 3 aromatic rings. The zero-order valence-corrected chi connectivity index (χ0v) is 17.3. The summed E-state index contributed by atoms with van der Waals surface area (Å²) in [7, 11) is 0. The molecule has 0 aliphatic carbocycles. The van der Waals surface area contributed by atoms with Crippen LogP contribution in [-0.4, -0.2) is 70.1 Å². The molecule has 3 N–H and O–H groups in total. The fraction of sp³-hybridized carbons (Fsp3) is 0.364. The molecule has 162 valence electrons. The first-order chi connectivity index (χ1) is 15.0. The van der Waals surface area contributed by atoms with Crippen LogP contribution >= 0.6 is 0 Å². The van der Waals surface area contributed by atoms with Gasteiger partial charge in [-0.15, -0.1) is 0 Å². The Balaban J connectivity index is 1.25. The zero-order chi connectivity index (χ0) is 21.5. The molecule has 2 aromatic carbocycles. The summed E-state index contributed by atoms with van der Waals surface area (Å²) in [4.78, 5) is 18.4. The highest BCUT2D eigenvalue weighted by atomic mass is 19.1. The van der Waals surface area contributed by atoms with E-state index in [1.54, 1.807) is 12.3 Å². The highest BCUT2D eigenvalue weighted by Gasteiger charge is 2.29. The zero-order valence-electron chi connectivity index (χ0n) is 17.3. The summed E-state index contributed by atoms with van der Waals surface area (Å²) < 4.78 is 14.3. The van der Waals surface area contributed by atoms with Crippen LogP contribution in [0.5, 0.6) is 0 Å². The molecule has 2 aliphatic rings. The van der Waals surface area contributed by atoms with E-state index in [0.29, 0.717) is 23.3 Å². The van der Waals surface area contributed by atoms with Crippen LogP contribution in [0.4, 0.5) is 15.8 Å². The summed E-state index contributed by atoms with van der Waals surface area (Å²) in [6.45, 7) is 6.32. The molecule has 8 nitrogen and oxygen atoms in total. The van der Waals surface area contributed by atoms with Gasteiger partial charge in [0.25, 0.3) is 5.91 Å². The lowest BCUT2D eigenvalue weighted by atomic mass is 10.0. The van der Waals surface area contributed by atoms with E-state index < -0.39 is 6.35 Å². The Kier molecular flexibility index (Phi) is 4.99. The molecule has 2 aliphatic heterocycles. The third-order valence-electron chi connectivity index (χ3n) is 6.12.